The maximum Gasteiger partial charge on any atom is 0.392 e. The lowest BCUT2D eigenvalue weighted by Crippen LogP contribution is -2.29. The summed E-state index contributed by atoms with van der Waals surface area (Å²) in [5, 5.41) is 19.0. The first kappa shape index (κ1) is 45.1. The van der Waals surface area contributed by atoms with Crippen LogP contribution in [0.4, 0.5) is 0 Å². The van der Waals surface area contributed by atoms with Gasteiger partial charge in [-0.25, -0.2) is 4.98 Å². The van der Waals surface area contributed by atoms with E-state index in [1.165, 1.54) is 25.0 Å². The molecule has 5 rings (SSSR count). The number of hydrogen-bond acceptors (Lipinski definition) is 9. The first-order valence-electron chi connectivity index (χ1n) is 15.1. The number of carbonyl (C=O) groups excluding carboxylic acids is 2. The van der Waals surface area contributed by atoms with E-state index in [0.717, 1.165) is 44.7 Å². The summed E-state index contributed by atoms with van der Waals surface area (Å²) in [6, 6.07) is 23.2. The maximum atomic E-state index is 11.7. The Hall–Kier alpha value is -3.92. The molecule has 0 saturated carbocycles. The minimum atomic E-state index is -3.22. The number of oxazole rings is 2. The van der Waals surface area contributed by atoms with Crippen LogP contribution in [-0.2, 0) is 15.2 Å². The van der Waals surface area contributed by atoms with Crippen LogP contribution in [-0.4, -0.2) is 28.0 Å². The number of hydrogen-bond donors (Lipinski definition) is 1. The SMILES string of the molecule is CC(=O)/C(C)=N/O.Cc1ccc(-c2nc(CCl)c(C)o2)cc1.Cc1ccc(-c2oc(C)c(C)[n+]2[O-])cc1.Cc1ccc(C=O)cc1.O=P(Cl)(Cl)Cl. The van der Waals surface area contributed by atoms with Crippen LogP contribution in [0.25, 0.3) is 22.9 Å². The smallest absolute Gasteiger partial charge is 0.392 e. The highest BCUT2D eigenvalue weighted by molar-refractivity contribution is 8.24. The summed E-state index contributed by atoms with van der Waals surface area (Å²) < 4.78 is 21.3. The minimum absolute atomic E-state index is 0.139. The number of benzene rings is 3. The highest BCUT2D eigenvalue weighted by atomic mass is 36.0. The summed E-state index contributed by atoms with van der Waals surface area (Å²) in [6.07, 6.45) is 0.847. The number of nitrogens with zero attached hydrogens (tertiary/aromatic N) is 3. The van der Waals surface area contributed by atoms with Crippen molar-refractivity contribution in [2.45, 2.75) is 61.3 Å². The fourth-order valence-electron chi connectivity index (χ4n) is 3.52. The van der Waals surface area contributed by atoms with Gasteiger partial charge in [0, 0.05) is 31.9 Å². The Morgan fingerprint density at radius 3 is 1.57 bits per heavy atom. The van der Waals surface area contributed by atoms with Crippen molar-refractivity contribution in [2.24, 2.45) is 5.16 Å². The fourth-order valence-corrected chi connectivity index (χ4v) is 3.76. The summed E-state index contributed by atoms with van der Waals surface area (Å²) >= 11 is 19.6. The molecule has 0 spiro atoms. The molecule has 274 valence electrons. The third-order valence-electron chi connectivity index (χ3n) is 6.74. The molecule has 5 aromatic rings. The predicted octanol–water partition coefficient (Wildman–Crippen LogP) is 11.2. The molecule has 2 aromatic heterocycles. The molecule has 0 aliphatic rings. The van der Waals surface area contributed by atoms with Crippen molar-refractivity contribution in [2.75, 3.05) is 0 Å². The van der Waals surface area contributed by atoms with Crippen molar-refractivity contribution in [3.05, 3.63) is 123 Å². The van der Waals surface area contributed by atoms with Gasteiger partial charge in [0.05, 0.1) is 17.1 Å². The number of aldehydes is 1. The third kappa shape index (κ3) is 17.2. The summed E-state index contributed by atoms with van der Waals surface area (Å²) in [6.45, 7) is 14.3. The van der Waals surface area contributed by atoms with Gasteiger partial charge in [0.2, 0.25) is 11.6 Å². The average molecular weight is 800 g/mol. The number of aromatic nitrogens is 2. The zero-order valence-corrected chi connectivity index (χ0v) is 33.3. The van der Waals surface area contributed by atoms with Gasteiger partial charge < -0.3 is 19.2 Å². The number of ketones is 1. The molecule has 0 unspecified atom stereocenters. The van der Waals surface area contributed by atoms with Gasteiger partial charge in [-0.1, -0.05) is 70.4 Å². The molecule has 0 aliphatic carbocycles. The largest absolute Gasteiger partial charge is 0.616 e. The summed E-state index contributed by atoms with van der Waals surface area (Å²) in [5.41, 5.74) is 7.67. The Labute approximate surface area is 317 Å². The molecule has 0 aliphatic heterocycles. The van der Waals surface area contributed by atoms with E-state index in [1.54, 1.807) is 13.8 Å². The van der Waals surface area contributed by atoms with Crippen molar-refractivity contribution in [3.63, 3.8) is 0 Å². The summed E-state index contributed by atoms with van der Waals surface area (Å²) in [5.74, 6) is 2.65. The van der Waals surface area contributed by atoms with Gasteiger partial charge in [0.25, 0.3) is 0 Å². The Balaban J connectivity index is 0.000000338. The fraction of sp³-hybridized carbons (Fsp3) is 0.250. The van der Waals surface area contributed by atoms with E-state index in [4.69, 9.17) is 25.6 Å². The van der Waals surface area contributed by atoms with Crippen LogP contribution in [0.15, 0.2) is 86.8 Å². The van der Waals surface area contributed by atoms with E-state index >= 15 is 0 Å². The number of halogens is 4. The lowest BCUT2D eigenvalue weighted by atomic mass is 10.1. The van der Waals surface area contributed by atoms with Crippen molar-refractivity contribution < 1.29 is 32.9 Å². The molecule has 51 heavy (non-hydrogen) atoms. The van der Waals surface area contributed by atoms with Crippen LogP contribution < -0.4 is 4.73 Å². The van der Waals surface area contributed by atoms with Crippen LogP contribution in [0.3, 0.4) is 0 Å². The predicted molar refractivity (Wildman–Crippen MR) is 206 cm³/mol. The van der Waals surface area contributed by atoms with Crippen LogP contribution in [0.5, 0.6) is 0 Å². The number of oxime groups is 1. The topological polar surface area (TPSA) is 150 Å². The van der Waals surface area contributed by atoms with Crippen molar-refractivity contribution in [1.29, 1.82) is 0 Å². The number of aryl methyl sites for hydroxylation is 5. The normalized spacial score (nSPS) is 10.5. The van der Waals surface area contributed by atoms with E-state index in [9.17, 15) is 19.4 Å². The third-order valence-corrected chi connectivity index (χ3v) is 6.99. The maximum absolute atomic E-state index is 11.7. The van der Waals surface area contributed by atoms with Gasteiger partial charge in [-0.15, -0.1) is 16.3 Å². The summed E-state index contributed by atoms with van der Waals surface area (Å²) in [7, 11) is 0. The van der Waals surface area contributed by atoms with Crippen LogP contribution in [0.1, 0.15) is 63.8 Å². The highest BCUT2D eigenvalue weighted by Gasteiger charge is 2.19. The Morgan fingerprint density at radius 1 is 0.824 bits per heavy atom. The van der Waals surface area contributed by atoms with Crippen LogP contribution in [0.2, 0.25) is 0 Å². The molecule has 0 atom stereocenters. The van der Waals surface area contributed by atoms with Crippen LogP contribution >= 0.6 is 50.5 Å². The monoisotopic (exact) mass is 797 g/mol. The second-order valence-corrected chi connectivity index (χ2v) is 17.8. The zero-order valence-electron chi connectivity index (χ0n) is 29.4. The lowest BCUT2D eigenvalue weighted by molar-refractivity contribution is -0.602. The number of carbonyl (C=O) groups is 2. The van der Waals surface area contributed by atoms with Crippen molar-refractivity contribution >= 4 is 68.3 Å². The Bertz CT molecular complexity index is 1910. The van der Waals surface area contributed by atoms with Gasteiger partial charge in [0.15, 0.2) is 11.5 Å². The molecule has 15 heteroatoms. The molecule has 0 fully saturated rings. The second kappa shape index (κ2) is 22.1. The molecule has 0 radical (unpaired) electrons. The van der Waals surface area contributed by atoms with Crippen LogP contribution in [0, 0.1) is 46.7 Å². The molecule has 3 aromatic carbocycles. The zero-order chi connectivity index (χ0) is 38.9. The van der Waals surface area contributed by atoms with Crippen molar-refractivity contribution in [1.82, 2.24) is 4.98 Å². The van der Waals surface area contributed by atoms with E-state index < -0.39 is 5.20 Å². The highest BCUT2D eigenvalue weighted by Crippen LogP contribution is 2.61. The summed E-state index contributed by atoms with van der Waals surface area (Å²) in [4.78, 5) is 24.5. The first-order valence-corrected chi connectivity index (χ1v) is 20.0. The van der Waals surface area contributed by atoms with Gasteiger partial charge in [-0.2, -0.15) is 0 Å². The van der Waals surface area contributed by atoms with Gasteiger partial charge >= 0.3 is 11.1 Å². The molecule has 1 N–H and O–H groups in total. The quantitative estimate of drug-likeness (QED) is 0.0270. The van der Waals surface area contributed by atoms with Gasteiger partial charge in [-0.05, 0) is 92.6 Å². The van der Waals surface area contributed by atoms with Gasteiger partial charge in [-0.3, -0.25) is 14.2 Å². The first-order chi connectivity index (χ1) is 23.8. The molecule has 0 bridgehead atoms. The standard InChI is InChI=1S/C12H12ClNO.C12H13NO2.C8H8O.C4H7NO2.Cl3OP/c1-8-3-5-10(6-4-8)12-14-11(7-13)9(2)15-12;1-8-4-6-11(7-5-8)12-13(14)9(2)10(3)15-12;1-7-2-4-8(6-9)5-3-7;1-3(5-7)4(2)6;1-5(2,3)4/h3-6H,7H2,1-2H3;4-7H,1-3H3;2-6H,1H3;7H,1-2H3;/b;;;5-3+;. The molecular formula is C36H40Cl4N3O7P. The Kier molecular flexibility index (Phi) is 19.6. The Morgan fingerprint density at radius 2 is 1.25 bits per heavy atom. The van der Waals surface area contributed by atoms with E-state index in [1.807, 2.05) is 93.6 Å². The molecule has 2 heterocycles. The number of alkyl halides is 1. The average Bonchev–Trinajstić information content (AvgIpc) is 3.59. The second-order valence-electron chi connectivity index (χ2n) is 10.9. The number of Topliss-reactive ketones (excluding diaryl/α,β-unsaturated/α-hetero) is 1. The lowest BCUT2D eigenvalue weighted by Gasteiger charge is -1.97. The molecular weight excluding hydrogens is 759 g/mol. The molecule has 0 saturated heterocycles. The molecule has 10 nitrogen and oxygen atoms in total. The van der Waals surface area contributed by atoms with E-state index in [0.29, 0.717) is 29.1 Å². The molecule has 0 amide bonds. The minimum Gasteiger partial charge on any atom is -0.616 e. The van der Waals surface area contributed by atoms with E-state index in [2.05, 4.69) is 50.8 Å². The van der Waals surface area contributed by atoms with E-state index in [-0.39, 0.29) is 11.5 Å². The van der Waals surface area contributed by atoms with Crippen molar-refractivity contribution in [3.8, 4) is 22.9 Å². The van der Waals surface area contributed by atoms with Gasteiger partial charge in [0.1, 0.15) is 17.8 Å². The number of rotatable bonds is 5.